The molecule has 0 amide bonds. The predicted octanol–water partition coefficient (Wildman–Crippen LogP) is 3.88. The van der Waals surface area contributed by atoms with Gasteiger partial charge in [-0.2, -0.15) is 9.61 Å². The fourth-order valence-electron chi connectivity index (χ4n) is 2.88. The van der Waals surface area contributed by atoms with Gasteiger partial charge in [-0.15, -0.1) is 10.2 Å². The van der Waals surface area contributed by atoms with Crippen molar-refractivity contribution in [2.45, 2.75) is 44.4 Å². The molecule has 0 bridgehead atoms. The van der Waals surface area contributed by atoms with E-state index in [1.165, 1.54) is 43.5 Å². The van der Waals surface area contributed by atoms with E-state index in [-0.39, 0.29) is 0 Å². The molecular formula is C14H16N4OS. The lowest BCUT2D eigenvalue weighted by atomic mass is 10.0. The Morgan fingerprint density at radius 3 is 2.75 bits per heavy atom. The largest absolute Gasteiger partial charge is 0.461 e. The molecule has 1 aliphatic carbocycles. The summed E-state index contributed by atoms with van der Waals surface area (Å²) < 4.78 is 7.23. The normalized spacial score (nSPS) is 17.6. The average Bonchev–Trinajstić information content (AvgIpc) is 3.12. The van der Waals surface area contributed by atoms with E-state index in [2.05, 4.69) is 10.2 Å². The number of rotatable bonds is 2. The van der Waals surface area contributed by atoms with E-state index in [0.29, 0.717) is 11.7 Å². The topological polar surface area (TPSA) is 56.2 Å². The van der Waals surface area contributed by atoms with Crippen molar-refractivity contribution < 1.29 is 4.42 Å². The summed E-state index contributed by atoms with van der Waals surface area (Å²) in [4.78, 5) is 0.857. The second-order valence-corrected chi connectivity index (χ2v) is 6.31. The number of hydrogen-bond acceptors (Lipinski definition) is 5. The lowest BCUT2D eigenvalue weighted by molar-refractivity contribution is 0.568. The zero-order valence-corrected chi connectivity index (χ0v) is 12.0. The first-order valence-electron chi connectivity index (χ1n) is 7.18. The molecule has 1 saturated carbocycles. The molecule has 0 unspecified atom stereocenters. The van der Waals surface area contributed by atoms with Gasteiger partial charge in [-0.25, -0.2) is 0 Å². The Hall–Kier alpha value is -1.69. The summed E-state index contributed by atoms with van der Waals surface area (Å²) in [5, 5.41) is 14.3. The molecule has 0 atom stereocenters. The molecule has 6 heteroatoms. The molecule has 0 spiro atoms. The number of furan rings is 1. The Labute approximate surface area is 120 Å². The predicted molar refractivity (Wildman–Crippen MR) is 76.8 cm³/mol. The van der Waals surface area contributed by atoms with Crippen LogP contribution in [0.25, 0.3) is 16.5 Å². The van der Waals surface area contributed by atoms with Gasteiger partial charge in [0.2, 0.25) is 10.8 Å². The highest BCUT2D eigenvalue weighted by molar-refractivity contribution is 7.16. The van der Waals surface area contributed by atoms with Crippen LogP contribution in [0, 0.1) is 0 Å². The van der Waals surface area contributed by atoms with Crippen molar-refractivity contribution >= 4 is 16.3 Å². The molecule has 3 aromatic heterocycles. The first-order chi connectivity index (χ1) is 9.92. The van der Waals surface area contributed by atoms with Gasteiger partial charge in [0, 0.05) is 5.92 Å². The summed E-state index contributed by atoms with van der Waals surface area (Å²) in [7, 11) is 0. The van der Waals surface area contributed by atoms with E-state index >= 15 is 0 Å². The van der Waals surface area contributed by atoms with Crippen LogP contribution >= 0.6 is 11.3 Å². The minimum atomic E-state index is 0.591. The van der Waals surface area contributed by atoms with Crippen molar-refractivity contribution in [1.82, 2.24) is 19.8 Å². The molecule has 5 nitrogen and oxygen atoms in total. The van der Waals surface area contributed by atoms with Crippen molar-refractivity contribution in [2.24, 2.45) is 0 Å². The lowest BCUT2D eigenvalue weighted by Gasteiger charge is -2.08. The van der Waals surface area contributed by atoms with Crippen molar-refractivity contribution in [3.8, 4) is 11.6 Å². The summed E-state index contributed by atoms with van der Waals surface area (Å²) in [5.74, 6) is 2.00. The molecule has 1 fully saturated rings. The summed E-state index contributed by atoms with van der Waals surface area (Å²) in [6.07, 6.45) is 9.50. The van der Waals surface area contributed by atoms with Crippen LogP contribution in [0.2, 0.25) is 0 Å². The summed E-state index contributed by atoms with van der Waals surface area (Å²) in [6.45, 7) is 0. The van der Waals surface area contributed by atoms with E-state index in [9.17, 15) is 0 Å². The van der Waals surface area contributed by atoms with Gasteiger partial charge >= 0.3 is 0 Å². The molecule has 4 rings (SSSR count). The van der Waals surface area contributed by atoms with Crippen LogP contribution in [0.3, 0.4) is 0 Å². The first kappa shape index (κ1) is 12.1. The Kier molecular flexibility index (Phi) is 3.03. The summed E-state index contributed by atoms with van der Waals surface area (Å²) in [6, 6.07) is 3.75. The van der Waals surface area contributed by atoms with Crippen molar-refractivity contribution in [2.75, 3.05) is 0 Å². The van der Waals surface area contributed by atoms with Gasteiger partial charge in [-0.1, -0.05) is 37.0 Å². The van der Waals surface area contributed by atoms with E-state index in [4.69, 9.17) is 9.52 Å². The molecular weight excluding hydrogens is 272 g/mol. The van der Waals surface area contributed by atoms with E-state index in [1.54, 1.807) is 17.6 Å². The van der Waals surface area contributed by atoms with Gasteiger partial charge in [0.05, 0.1) is 6.26 Å². The van der Waals surface area contributed by atoms with Crippen LogP contribution in [0.1, 0.15) is 49.5 Å². The van der Waals surface area contributed by atoms with E-state index in [0.717, 1.165) is 10.7 Å². The van der Waals surface area contributed by atoms with Crippen LogP contribution in [-0.4, -0.2) is 19.8 Å². The number of nitrogens with zero attached hydrogens (tertiary/aromatic N) is 4. The molecule has 1 aliphatic rings. The highest BCUT2D eigenvalue weighted by Gasteiger charge is 2.21. The van der Waals surface area contributed by atoms with Crippen LogP contribution in [0.15, 0.2) is 22.8 Å². The molecule has 0 aromatic carbocycles. The third-order valence-electron chi connectivity index (χ3n) is 3.95. The van der Waals surface area contributed by atoms with Gasteiger partial charge in [0.15, 0.2) is 5.76 Å². The van der Waals surface area contributed by atoms with Crippen molar-refractivity contribution in [1.29, 1.82) is 0 Å². The maximum Gasteiger partial charge on any atom is 0.235 e. The summed E-state index contributed by atoms with van der Waals surface area (Å²) in [5.41, 5.74) is 0. The molecule has 0 N–H and O–H groups in total. The van der Waals surface area contributed by atoms with Crippen molar-refractivity contribution in [3.63, 3.8) is 0 Å². The van der Waals surface area contributed by atoms with Crippen LogP contribution in [0.5, 0.6) is 0 Å². The monoisotopic (exact) mass is 288 g/mol. The van der Waals surface area contributed by atoms with Gasteiger partial charge < -0.3 is 4.42 Å². The van der Waals surface area contributed by atoms with Crippen LogP contribution < -0.4 is 0 Å². The molecule has 0 aliphatic heterocycles. The Morgan fingerprint density at radius 2 is 2.00 bits per heavy atom. The Morgan fingerprint density at radius 1 is 1.15 bits per heavy atom. The number of hydrogen-bond donors (Lipinski definition) is 0. The zero-order chi connectivity index (χ0) is 13.4. The van der Waals surface area contributed by atoms with Gasteiger partial charge in [0.25, 0.3) is 0 Å². The Bertz CT molecular complexity index is 692. The maximum absolute atomic E-state index is 5.40. The van der Waals surface area contributed by atoms with Crippen LogP contribution in [-0.2, 0) is 0 Å². The molecule has 3 heterocycles. The number of aromatic nitrogens is 4. The van der Waals surface area contributed by atoms with Crippen LogP contribution in [0.4, 0.5) is 0 Å². The lowest BCUT2D eigenvalue weighted by Crippen LogP contribution is -1.98. The molecule has 3 aromatic rings. The third kappa shape index (κ3) is 2.04. The Balaban J connectivity index is 1.72. The molecule has 0 radical (unpaired) electrons. The smallest absolute Gasteiger partial charge is 0.235 e. The van der Waals surface area contributed by atoms with Gasteiger partial charge in [-0.3, -0.25) is 0 Å². The van der Waals surface area contributed by atoms with Gasteiger partial charge in [0.1, 0.15) is 5.01 Å². The number of fused-ring (bicyclic) bond motifs is 1. The first-order valence-corrected chi connectivity index (χ1v) is 7.99. The quantitative estimate of drug-likeness (QED) is 0.671. The van der Waals surface area contributed by atoms with E-state index in [1.807, 2.05) is 16.6 Å². The van der Waals surface area contributed by atoms with E-state index < -0.39 is 0 Å². The van der Waals surface area contributed by atoms with Gasteiger partial charge in [-0.05, 0) is 25.0 Å². The third-order valence-corrected chi connectivity index (χ3v) is 5.01. The molecule has 0 saturated heterocycles. The summed E-state index contributed by atoms with van der Waals surface area (Å²) >= 11 is 1.67. The highest BCUT2D eigenvalue weighted by atomic mass is 32.1. The highest BCUT2D eigenvalue weighted by Crippen LogP contribution is 2.34. The fourth-order valence-corrected chi connectivity index (χ4v) is 3.89. The molecule has 20 heavy (non-hydrogen) atoms. The minimum Gasteiger partial charge on any atom is -0.461 e. The SMILES string of the molecule is c1coc(-c2nnc3sc(C4CCCCCC4)nn23)c1. The second kappa shape index (κ2) is 5.01. The standard InChI is InChI=1S/C14H16N4OS/c1-2-4-7-10(6-3-1)13-17-18-12(11-8-5-9-19-11)15-16-14(18)20-13/h5,8-10H,1-4,6-7H2. The average molecular weight is 288 g/mol. The maximum atomic E-state index is 5.40. The second-order valence-electron chi connectivity index (χ2n) is 5.32. The zero-order valence-electron chi connectivity index (χ0n) is 11.2. The minimum absolute atomic E-state index is 0.591. The van der Waals surface area contributed by atoms with Crippen molar-refractivity contribution in [3.05, 3.63) is 23.4 Å². The fraction of sp³-hybridized carbons (Fsp3) is 0.500. The molecule has 104 valence electrons.